The van der Waals surface area contributed by atoms with Gasteiger partial charge in [0, 0.05) is 108 Å². The summed E-state index contributed by atoms with van der Waals surface area (Å²) >= 11 is 28.5. The molecule has 20 nitrogen and oxygen atoms in total. The molecule has 8 heterocycles. The number of amides is 4. The summed E-state index contributed by atoms with van der Waals surface area (Å²) in [6.45, 7) is 23.7. The van der Waals surface area contributed by atoms with Gasteiger partial charge in [-0.05, 0) is 304 Å². The number of carbonyl (C=O) groups is 4. The second kappa shape index (κ2) is 36.7. The molecule has 12 unspecified atom stereocenters. The third kappa shape index (κ3) is 16.9. The number of fused-ring (bicyclic) bond motifs is 20. The lowest BCUT2D eigenvalue weighted by molar-refractivity contribution is -0.103. The average molecular weight is 2050 g/mol. The molecule has 8 bridgehead atoms. The Bertz CT molecular complexity index is 6220. The van der Waals surface area contributed by atoms with Crippen LogP contribution in [0.15, 0.2) is 150 Å². The fraction of sp³-hybridized carbons (Fsp3) is 0.413. The van der Waals surface area contributed by atoms with Crippen LogP contribution in [0.5, 0.6) is 23.0 Å². The van der Waals surface area contributed by atoms with Crippen molar-refractivity contribution >= 4 is 86.0 Å². The highest BCUT2D eigenvalue weighted by atomic mass is 79.9. The van der Waals surface area contributed by atoms with Gasteiger partial charge in [0.1, 0.15) is 83.9 Å². The molecule has 4 aromatic heterocycles. The van der Waals surface area contributed by atoms with Gasteiger partial charge in [0.25, 0.3) is 23.6 Å². The van der Waals surface area contributed by atoms with Gasteiger partial charge in [-0.1, -0.05) is 124 Å². The van der Waals surface area contributed by atoms with Crippen LogP contribution in [0.3, 0.4) is 0 Å². The molecule has 8 aromatic carbocycles. The van der Waals surface area contributed by atoms with Crippen molar-refractivity contribution in [1.29, 1.82) is 0 Å². The summed E-state index contributed by atoms with van der Waals surface area (Å²) in [5.41, 5.74) is 12.1. The monoisotopic (exact) mass is 2040 g/mol. The zero-order chi connectivity index (χ0) is 97.9. The molecule has 0 spiro atoms. The quantitative estimate of drug-likeness (QED) is 0.0663. The standard InChI is InChI=1S/C28H29F2N3O2.C27H26BrF2N3O2.C27H26Cl3N3O2.C27H26ClF2N3O2/c1-15-4-8-19-24(10-15)35-14-20-25(32-33(26(19)20)23-9-7-18(29)12-22(23)30)27(34)31-13-16-5-6-17-11-21(16)28(17,2)3;1-27(2)15-4-3-14(20(27)9-15)12-31-26(34)24-19-13-35-23-10-16(28)5-7-18(23)25(19)33(32-24)22-8-6-17(29)11-21(22)30;1-27(2)15-4-3-14(20(27)9-15)12-31-26(34)24-19-13-35-23-11-17(29)5-7-18(23)25(19)33(32-24)22-8-6-16(28)10-21(22)30;1-27(2)15-4-3-14(20(27)9-15)12-31-26(34)24-19-13-35-23-10-16(28)5-7-18(23)25(19)33(32-24)22-8-6-17(29)11-21(22)30/h4,7-10,12,16-17,21H,5-6,11,13-14H2,1-3H3,(H,31,34);3*5-8,10-11,14-15,20H,3-4,9,12-13H2,1-2H3,(H,31,34). The normalized spacial score (nSPS) is 23.5. The van der Waals surface area contributed by atoms with Gasteiger partial charge < -0.3 is 40.2 Å². The number of hydrogen-bond acceptors (Lipinski definition) is 12. The maximum Gasteiger partial charge on any atom is 0.272 e. The number of nitrogens with one attached hydrogen (secondary N) is 4. The van der Waals surface area contributed by atoms with Gasteiger partial charge in [-0.3, -0.25) is 19.2 Å². The number of ether oxygens (including phenoxy) is 4. The number of halogens is 11. The van der Waals surface area contributed by atoms with Crippen molar-refractivity contribution < 1.29 is 64.5 Å². The lowest BCUT2D eigenvalue weighted by Crippen LogP contribution is -2.54. The molecular formula is C109H107BrCl4F6N12O8. The van der Waals surface area contributed by atoms with Crippen molar-refractivity contribution in [3.8, 4) is 90.8 Å². The van der Waals surface area contributed by atoms with Crippen molar-refractivity contribution in [2.24, 2.45) is 92.7 Å². The highest BCUT2D eigenvalue weighted by Gasteiger charge is 2.58. The summed E-state index contributed by atoms with van der Waals surface area (Å²) in [5.74, 6) is 4.60. The first kappa shape index (κ1) is 95.1. The minimum atomic E-state index is -0.770. The minimum absolute atomic E-state index is 0.0547. The highest BCUT2D eigenvalue weighted by Crippen LogP contribution is 2.65. The first-order chi connectivity index (χ1) is 66.9. The van der Waals surface area contributed by atoms with Gasteiger partial charge in [0.2, 0.25) is 0 Å². The van der Waals surface area contributed by atoms with Gasteiger partial charge in [0.15, 0.2) is 40.2 Å². The largest absolute Gasteiger partial charge is 0.488 e. The lowest BCUT2D eigenvalue weighted by Gasteiger charge is -2.60. The van der Waals surface area contributed by atoms with Crippen LogP contribution < -0.4 is 40.2 Å². The number of carbonyl (C=O) groups excluding carboxylic acids is 4. The fourth-order valence-electron chi connectivity index (χ4n) is 25.5. The van der Waals surface area contributed by atoms with E-state index < -0.39 is 34.9 Å². The maximum atomic E-state index is 14.8. The van der Waals surface area contributed by atoms with Crippen molar-refractivity contribution in [1.82, 2.24) is 60.4 Å². The molecule has 4 N–H and O–H groups in total. The van der Waals surface area contributed by atoms with E-state index in [4.69, 9.17) is 70.4 Å². The predicted molar refractivity (Wildman–Crippen MR) is 527 cm³/mol. The lowest BCUT2D eigenvalue weighted by atomic mass is 9.45. The van der Waals surface area contributed by atoms with E-state index >= 15 is 0 Å². The Morgan fingerprint density at radius 3 is 0.921 bits per heavy atom. The van der Waals surface area contributed by atoms with Gasteiger partial charge in [0.05, 0.1) is 33.5 Å². The Morgan fingerprint density at radius 2 is 0.621 bits per heavy atom. The first-order valence-corrected chi connectivity index (χ1v) is 50.7. The van der Waals surface area contributed by atoms with Gasteiger partial charge in [-0.2, -0.15) is 20.4 Å². The van der Waals surface area contributed by atoms with Crippen molar-refractivity contribution in [2.45, 2.75) is 166 Å². The van der Waals surface area contributed by atoms with Gasteiger partial charge in [-0.15, -0.1) is 0 Å². The Balaban J connectivity index is 0.000000111. The zero-order valence-corrected chi connectivity index (χ0v) is 83.5. The smallest absolute Gasteiger partial charge is 0.272 e. The molecule has 31 heteroatoms. The number of aromatic nitrogens is 8. The second-order valence-corrected chi connectivity index (χ2v) is 45.1. The third-order valence-electron chi connectivity index (χ3n) is 33.9. The zero-order valence-electron chi connectivity index (χ0n) is 78.9. The topological polar surface area (TPSA) is 225 Å². The summed E-state index contributed by atoms with van der Waals surface area (Å²) in [4.78, 5) is 53.6. The molecule has 12 aliphatic carbocycles. The Labute approximate surface area is 836 Å². The molecule has 0 radical (unpaired) electrons. The van der Waals surface area contributed by atoms with Crippen LogP contribution in [0, 0.1) is 135 Å². The van der Waals surface area contributed by atoms with Crippen LogP contribution >= 0.6 is 62.3 Å². The summed E-state index contributed by atoms with van der Waals surface area (Å²) in [6, 6.07) is 37.1. The van der Waals surface area contributed by atoms with E-state index in [2.05, 4.69) is 108 Å². The van der Waals surface area contributed by atoms with Crippen molar-refractivity contribution in [2.75, 3.05) is 26.2 Å². The number of benzene rings is 8. The van der Waals surface area contributed by atoms with Gasteiger partial charge >= 0.3 is 0 Å². The molecule has 4 amide bonds. The second-order valence-electron chi connectivity index (χ2n) is 42.4. The Hall–Kier alpha value is -11.1. The van der Waals surface area contributed by atoms with Crippen LogP contribution in [0.2, 0.25) is 20.1 Å². The van der Waals surface area contributed by atoms with Crippen molar-refractivity contribution in [3.63, 3.8) is 0 Å². The molecule has 12 fully saturated rings. The molecule has 12 atom stereocenters. The molecule has 0 saturated heterocycles. The Kier molecular flexibility index (Phi) is 24.9. The first-order valence-electron chi connectivity index (χ1n) is 48.4. The van der Waals surface area contributed by atoms with Crippen LogP contribution in [0.1, 0.15) is 202 Å². The molecule has 12 saturated carbocycles. The molecule has 16 aliphatic rings. The highest BCUT2D eigenvalue weighted by molar-refractivity contribution is 9.10. The predicted octanol–water partition coefficient (Wildman–Crippen LogP) is 25.5. The fourth-order valence-corrected chi connectivity index (χ4v) is 26.7. The van der Waals surface area contributed by atoms with Crippen LogP contribution in [-0.2, 0) is 26.4 Å². The molecule has 12 aromatic rings. The van der Waals surface area contributed by atoms with E-state index in [-0.39, 0.29) is 84.2 Å². The van der Waals surface area contributed by atoms with E-state index in [0.717, 1.165) is 93.6 Å². The average Bonchev–Trinajstić information content (AvgIpc) is 1.60. The Morgan fingerprint density at radius 1 is 0.350 bits per heavy atom. The van der Waals surface area contributed by atoms with Crippen LogP contribution in [0.4, 0.5) is 26.3 Å². The van der Waals surface area contributed by atoms with E-state index in [1.165, 1.54) is 108 Å². The van der Waals surface area contributed by atoms with Crippen LogP contribution in [0.25, 0.3) is 67.8 Å². The summed E-state index contributed by atoms with van der Waals surface area (Å²) in [6.07, 6.45) is 14.4. The third-order valence-corrected chi connectivity index (χ3v) is 35.4. The minimum Gasteiger partial charge on any atom is -0.488 e. The number of hydrogen-bond donors (Lipinski definition) is 4. The molecule has 4 aliphatic heterocycles. The van der Waals surface area contributed by atoms with Crippen LogP contribution in [-0.4, -0.2) is 88.9 Å². The number of aryl methyl sites for hydroxylation is 1. The molecule has 28 rings (SSSR count). The van der Waals surface area contributed by atoms with E-state index in [1.54, 1.807) is 47.1 Å². The molecule has 140 heavy (non-hydrogen) atoms. The van der Waals surface area contributed by atoms with Crippen molar-refractivity contribution in [3.05, 3.63) is 256 Å². The van der Waals surface area contributed by atoms with Gasteiger partial charge in [-0.25, -0.2) is 45.1 Å². The van der Waals surface area contributed by atoms with E-state index in [0.29, 0.717) is 195 Å². The SMILES string of the molecule is CC1(C)C2CCC(CNC(=O)c3nn(-c4ccc(Cl)cc4Cl)c4c3COc3cc(Cl)ccc3-4)C1C2.CC1(C)C2CCC(CNC(=O)c3nn(-c4ccc(F)cc4F)c4c3COc3cc(Br)ccc3-4)C1C2.CC1(C)C2CCC(CNC(=O)c3nn(-c4ccc(F)cc4F)c4c3COc3cc(Cl)ccc3-4)C1C2.Cc1ccc2c(c1)OCc1c(C(=O)NCC3CCC4CC3C4(C)C)nn(-c3ccc(F)cc3F)c1-2. The summed E-state index contributed by atoms with van der Waals surface area (Å²) < 4.78 is 116. The number of nitrogens with zero attached hydrogens (tertiary/aromatic N) is 8. The van der Waals surface area contributed by atoms with E-state index in [1.807, 2.05) is 55.5 Å². The van der Waals surface area contributed by atoms with E-state index in [9.17, 15) is 45.5 Å². The number of rotatable bonds is 16. The maximum absolute atomic E-state index is 14.8. The molecule has 728 valence electrons. The molecular weight excluding hydrogens is 1940 g/mol. The summed E-state index contributed by atoms with van der Waals surface area (Å²) in [7, 11) is 0. The summed E-state index contributed by atoms with van der Waals surface area (Å²) in [5, 5.41) is 32.9.